The lowest BCUT2D eigenvalue weighted by Crippen LogP contribution is -2.49. The van der Waals surface area contributed by atoms with Gasteiger partial charge < -0.3 is 10.1 Å². The Morgan fingerprint density at radius 2 is 2.10 bits per heavy atom. The molecule has 0 unspecified atom stereocenters. The zero-order valence-corrected chi connectivity index (χ0v) is 12.9. The molecule has 1 aromatic rings. The van der Waals surface area contributed by atoms with Gasteiger partial charge in [0.05, 0.1) is 13.2 Å². The average Bonchev–Trinajstić information content (AvgIpc) is 2.55. The summed E-state index contributed by atoms with van der Waals surface area (Å²) in [5.41, 5.74) is 1.12. The monoisotopic (exact) mass is 290 g/mol. The minimum absolute atomic E-state index is 0.706. The molecule has 2 aliphatic rings. The predicted octanol–water partition coefficient (Wildman–Crippen LogP) is 2.09. The Morgan fingerprint density at radius 3 is 2.90 bits per heavy atom. The third-order valence-corrected chi connectivity index (χ3v) is 4.81. The average molecular weight is 290 g/mol. The zero-order valence-electron chi connectivity index (χ0n) is 12.9. The minimum atomic E-state index is 0.706. The molecule has 0 amide bonds. The van der Waals surface area contributed by atoms with E-state index in [9.17, 15) is 0 Å². The molecule has 21 heavy (non-hydrogen) atoms. The summed E-state index contributed by atoms with van der Waals surface area (Å²) >= 11 is 0. The summed E-state index contributed by atoms with van der Waals surface area (Å²) in [7, 11) is 0. The summed E-state index contributed by atoms with van der Waals surface area (Å²) in [6.07, 6.45) is 8.86. The Kier molecular flexibility index (Phi) is 5.04. The molecule has 2 heterocycles. The molecule has 0 bridgehead atoms. The van der Waals surface area contributed by atoms with Crippen molar-refractivity contribution in [3.63, 3.8) is 0 Å². The van der Waals surface area contributed by atoms with Gasteiger partial charge in [0.15, 0.2) is 0 Å². The van der Waals surface area contributed by atoms with Gasteiger partial charge in [-0.15, -0.1) is 0 Å². The first-order valence-electron chi connectivity index (χ1n) is 8.17. The molecule has 0 radical (unpaired) electrons. The fourth-order valence-corrected chi connectivity index (χ4v) is 3.63. The van der Waals surface area contributed by atoms with Crippen LogP contribution in [0.2, 0.25) is 0 Å². The Labute approximate surface area is 127 Å². The first-order valence-corrected chi connectivity index (χ1v) is 8.17. The van der Waals surface area contributed by atoms with E-state index in [0.29, 0.717) is 12.0 Å². The van der Waals surface area contributed by atoms with Crippen LogP contribution >= 0.6 is 0 Å². The molecule has 116 valence electrons. The molecule has 2 atom stereocenters. The number of nitrogens with zero attached hydrogens (tertiary/aromatic N) is 3. The molecule has 0 aromatic carbocycles. The van der Waals surface area contributed by atoms with Crippen LogP contribution in [0.3, 0.4) is 0 Å². The Morgan fingerprint density at radius 1 is 1.29 bits per heavy atom. The van der Waals surface area contributed by atoms with Crippen molar-refractivity contribution in [2.45, 2.75) is 38.6 Å². The Hall–Kier alpha value is -1.20. The number of anilines is 1. The number of aromatic nitrogens is 2. The van der Waals surface area contributed by atoms with E-state index in [2.05, 4.69) is 27.1 Å². The van der Waals surface area contributed by atoms with Crippen LogP contribution < -0.4 is 5.32 Å². The lowest BCUT2D eigenvalue weighted by Gasteiger charge is -2.41. The van der Waals surface area contributed by atoms with Crippen molar-refractivity contribution < 1.29 is 4.74 Å². The van der Waals surface area contributed by atoms with Gasteiger partial charge in [-0.2, -0.15) is 0 Å². The van der Waals surface area contributed by atoms with Crippen molar-refractivity contribution in [3.05, 3.63) is 18.1 Å². The standard InChI is InChI=1S/C16H26N4O/c1-13-10-17-12-19-16(13)18-11-14-4-2-3-5-15(14)20-6-8-21-9-7-20/h10,12,14-15H,2-9,11H2,1H3,(H,17,18,19)/t14-,15-/m0/s1. The van der Waals surface area contributed by atoms with Gasteiger partial charge in [-0.05, 0) is 25.7 Å². The molecule has 1 N–H and O–H groups in total. The third-order valence-electron chi connectivity index (χ3n) is 4.81. The molecule has 5 nitrogen and oxygen atoms in total. The van der Waals surface area contributed by atoms with E-state index in [4.69, 9.17) is 4.74 Å². The number of aryl methyl sites for hydroxylation is 1. The van der Waals surface area contributed by atoms with Crippen LogP contribution in [0, 0.1) is 12.8 Å². The van der Waals surface area contributed by atoms with Gasteiger partial charge >= 0.3 is 0 Å². The van der Waals surface area contributed by atoms with E-state index in [1.54, 1.807) is 6.33 Å². The van der Waals surface area contributed by atoms with E-state index < -0.39 is 0 Å². The van der Waals surface area contributed by atoms with Crippen LogP contribution in [-0.2, 0) is 4.74 Å². The maximum Gasteiger partial charge on any atom is 0.132 e. The van der Waals surface area contributed by atoms with Crippen LogP contribution in [-0.4, -0.2) is 53.8 Å². The number of nitrogens with one attached hydrogen (secondary N) is 1. The van der Waals surface area contributed by atoms with E-state index in [-0.39, 0.29) is 0 Å². The van der Waals surface area contributed by atoms with Crippen molar-refractivity contribution in [1.29, 1.82) is 0 Å². The van der Waals surface area contributed by atoms with Crippen LogP contribution in [0.15, 0.2) is 12.5 Å². The highest BCUT2D eigenvalue weighted by atomic mass is 16.5. The van der Waals surface area contributed by atoms with Crippen molar-refractivity contribution in [3.8, 4) is 0 Å². The molecule has 2 fully saturated rings. The highest BCUT2D eigenvalue weighted by Crippen LogP contribution is 2.29. The van der Waals surface area contributed by atoms with E-state index in [1.807, 2.05) is 6.20 Å². The second-order valence-electron chi connectivity index (χ2n) is 6.20. The van der Waals surface area contributed by atoms with E-state index in [1.165, 1.54) is 25.7 Å². The van der Waals surface area contributed by atoms with Crippen LogP contribution in [0.1, 0.15) is 31.2 Å². The van der Waals surface area contributed by atoms with Crippen molar-refractivity contribution in [2.24, 2.45) is 5.92 Å². The second-order valence-corrected chi connectivity index (χ2v) is 6.20. The molecule has 1 saturated carbocycles. The van der Waals surface area contributed by atoms with Gasteiger partial charge in [0.25, 0.3) is 0 Å². The summed E-state index contributed by atoms with van der Waals surface area (Å²) in [6, 6.07) is 0.706. The first-order chi connectivity index (χ1) is 10.3. The normalized spacial score (nSPS) is 27.5. The lowest BCUT2D eigenvalue weighted by atomic mass is 9.83. The van der Waals surface area contributed by atoms with Crippen molar-refractivity contribution >= 4 is 5.82 Å². The fourth-order valence-electron chi connectivity index (χ4n) is 3.63. The Bertz CT molecular complexity index is 448. The van der Waals surface area contributed by atoms with E-state index >= 15 is 0 Å². The number of hydrogen-bond donors (Lipinski definition) is 1. The van der Waals surface area contributed by atoms with Crippen LogP contribution in [0.4, 0.5) is 5.82 Å². The molecule has 0 spiro atoms. The summed E-state index contributed by atoms with van der Waals surface area (Å²) in [5, 5.41) is 3.54. The van der Waals surface area contributed by atoms with Gasteiger partial charge in [0.2, 0.25) is 0 Å². The zero-order chi connectivity index (χ0) is 14.5. The highest BCUT2D eigenvalue weighted by Gasteiger charge is 2.30. The number of morpholine rings is 1. The highest BCUT2D eigenvalue weighted by molar-refractivity contribution is 5.40. The molecule has 1 aliphatic heterocycles. The predicted molar refractivity (Wildman–Crippen MR) is 83.4 cm³/mol. The maximum absolute atomic E-state index is 5.50. The van der Waals surface area contributed by atoms with Crippen LogP contribution in [0.25, 0.3) is 0 Å². The Balaban J connectivity index is 1.60. The SMILES string of the molecule is Cc1cncnc1NC[C@@H]1CCCC[C@@H]1N1CCOCC1. The molecule has 1 saturated heterocycles. The van der Waals surface area contributed by atoms with Gasteiger partial charge in [-0.25, -0.2) is 9.97 Å². The number of hydrogen-bond acceptors (Lipinski definition) is 5. The molecule has 1 aromatic heterocycles. The minimum Gasteiger partial charge on any atom is -0.379 e. The fraction of sp³-hybridized carbons (Fsp3) is 0.750. The van der Waals surface area contributed by atoms with Gasteiger partial charge in [-0.3, -0.25) is 4.90 Å². The molecule has 3 rings (SSSR count). The summed E-state index contributed by atoms with van der Waals surface area (Å²) in [4.78, 5) is 11.0. The van der Waals surface area contributed by atoms with E-state index in [0.717, 1.165) is 44.2 Å². The largest absolute Gasteiger partial charge is 0.379 e. The third kappa shape index (κ3) is 3.71. The maximum atomic E-state index is 5.50. The summed E-state index contributed by atoms with van der Waals surface area (Å²) in [5.74, 6) is 1.70. The second kappa shape index (κ2) is 7.18. The van der Waals surface area contributed by atoms with Crippen molar-refractivity contribution in [2.75, 3.05) is 38.2 Å². The molecule has 1 aliphatic carbocycles. The molecular weight excluding hydrogens is 264 g/mol. The first kappa shape index (κ1) is 14.7. The quantitative estimate of drug-likeness (QED) is 0.920. The summed E-state index contributed by atoms with van der Waals surface area (Å²) < 4.78 is 5.50. The summed E-state index contributed by atoms with van der Waals surface area (Å²) in [6.45, 7) is 7.03. The molecular formula is C16H26N4O. The smallest absolute Gasteiger partial charge is 0.132 e. The lowest BCUT2D eigenvalue weighted by molar-refractivity contribution is -0.00541. The number of rotatable bonds is 4. The van der Waals surface area contributed by atoms with Gasteiger partial charge in [-0.1, -0.05) is 12.8 Å². The molecule has 5 heteroatoms. The van der Waals surface area contributed by atoms with Gasteiger partial charge in [0.1, 0.15) is 12.1 Å². The topological polar surface area (TPSA) is 50.3 Å². The van der Waals surface area contributed by atoms with Crippen molar-refractivity contribution in [1.82, 2.24) is 14.9 Å². The van der Waals surface area contributed by atoms with Gasteiger partial charge in [0, 0.05) is 37.4 Å². The van der Waals surface area contributed by atoms with Crippen LogP contribution in [0.5, 0.6) is 0 Å². The number of ether oxygens (including phenoxy) is 1.